The van der Waals surface area contributed by atoms with Crippen LogP contribution in [0.5, 0.6) is 0 Å². The van der Waals surface area contributed by atoms with Crippen molar-refractivity contribution in [3.05, 3.63) is 106 Å². The molecule has 3 nitrogen and oxygen atoms in total. The molecular formula is C24H20N2O. The molecule has 27 heavy (non-hydrogen) atoms. The summed E-state index contributed by atoms with van der Waals surface area (Å²) in [5.41, 5.74) is 4.82. The molecule has 0 saturated heterocycles. The lowest BCUT2D eigenvalue weighted by molar-refractivity contribution is 0.934. The fourth-order valence-electron chi connectivity index (χ4n) is 3.25. The minimum absolute atomic E-state index is 0.0562. The van der Waals surface area contributed by atoms with E-state index in [9.17, 15) is 4.79 Å². The van der Waals surface area contributed by atoms with Crippen molar-refractivity contribution in [1.82, 2.24) is 9.55 Å². The van der Waals surface area contributed by atoms with Gasteiger partial charge in [-0.05, 0) is 54.8 Å². The third kappa shape index (κ3) is 3.20. The SMILES string of the molecule is Cc1ccccc1/C=C/c1nc2ccccc2c(=O)n1-c1ccccc1C. The summed E-state index contributed by atoms with van der Waals surface area (Å²) >= 11 is 0. The number of nitrogens with zero attached hydrogens (tertiary/aromatic N) is 2. The maximum Gasteiger partial charge on any atom is 0.266 e. The topological polar surface area (TPSA) is 34.9 Å². The summed E-state index contributed by atoms with van der Waals surface area (Å²) in [4.78, 5) is 18.0. The minimum atomic E-state index is -0.0562. The Bertz CT molecular complexity index is 1220. The number of hydrogen-bond acceptors (Lipinski definition) is 2. The van der Waals surface area contributed by atoms with E-state index in [4.69, 9.17) is 4.98 Å². The predicted molar refractivity (Wildman–Crippen MR) is 112 cm³/mol. The van der Waals surface area contributed by atoms with Crippen LogP contribution in [0.2, 0.25) is 0 Å². The van der Waals surface area contributed by atoms with E-state index in [0.717, 1.165) is 16.8 Å². The third-order valence-electron chi connectivity index (χ3n) is 4.76. The standard InChI is InChI=1S/C24H20N2O/c1-17-9-3-5-11-19(17)15-16-23-25-21-13-7-6-12-20(21)24(27)26(23)22-14-8-4-10-18(22)2/h3-16H,1-2H3/b16-15+. The fourth-order valence-corrected chi connectivity index (χ4v) is 3.25. The van der Waals surface area contributed by atoms with Crippen LogP contribution in [0.25, 0.3) is 28.7 Å². The van der Waals surface area contributed by atoms with Gasteiger partial charge in [0.1, 0.15) is 5.82 Å². The Morgan fingerprint density at radius 2 is 1.44 bits per heavy atom. The third-order valence-corrected chi connectivity index (χ3v) is 4.76. The lowest BCUT2D eigenvalue weighted by Crippen LogP contribution is -2.23. The zero-order valence-electron chi connectivity index (χ0n) is 15.4. The number of para-hydroxylation sites is 2. The molecule has 1 aromatic heterocycles. The van der Waals surface area contributed by atoms with Crippen molar-refractivity contribution in [3.8, 4) is 5.69 Å². The second-order valence-corrected chi connectivity index (χ2v) is 6.60. The molecule has 0 fully saturated rings. The molecule has 0 unspecified atom stereocenters. The Morgan fingerprint density at radius 1 is 0.778 bits per heavy atom. The van der Waals surface area contributed by atoms with E-state index in [1.54, 1.807) is 4.57 Å². The molecule has 0 aliphatic heterocycles. The van der Waals surface area contributed by atoms with E-state index in [-0.39, 0.29) is 5.56 Å². The average Bonchev–Trinajstić information content (AvgIpc) is 2.68. The van der Waals surface area contributed by atoms with Gasteiger partial charge >= 0.3 is 0 Å². The van der Waals surface area contributed by atoms with Gasteiger partial charge in [0.25, 0.3) is 5.56 Å². The summed E-state index contributed by atoms with van der Waals surface area (Å²) in [5, 5.41) is 0.619. The van der Waals surface area contributed by atoms with Crippen LogP contribution in [0.15, 0.2) is 77.6 Å². The summed E-state index contributed by atoms with van der Waals surface area (Å²) in [5.74, 6) is 0.622. The van der Waals surface area contributed by atoms with E-state index in [2.05, 4.69) is 19.1 Å². The van der Waals surface area contributed by atoms with Crippen molar-refractivity contribution in [1.29, 1.82) is 0 Å². The smallest absolute Gasteiger partial charge is 0.266 e. The van der Waals surface area contributed by atoms with Crippen LogP contribution in [0.3, 0.4) is 0 Å². The molecule has 0 bridgehead atoms. The van der Waals surface area contributed by atoms with Crippen molar-refractivity contribution in [2.75, 3.05) is 0 Å². The highest BCUT2D eigenvalue weighted by Crippen LogP contribution is 2.18. The number of aryl methyl sites for hydroxylation is 2. The highest BCUT2D eigenvalue weighted by molar-refractivity contribution is 5.80. The molecule has 3 aromatic carbocycles. The van der Waals surface area contributed by atoms with Crippen molar-refractivity contribution >= 4 is 23.1 Å². The monoisotopic (exact) mass is 352 g/mol. The molecule has 0 N–H and O–H groups in total. The van der Waals surface area contributed by atoms with Gasteiger partial charge < -0.3 is 0 Å². The van der Waals surface area contributed by atoms with Crippen LogP contribution in [0.4, 0.5) is 0 Å². The molecule has 0 aliphatic carbocycles. The second-order valence-electron chi connectivity index (χ2n) is 6.60. The molecule has 4 rings (SSSR count). The van der Waals surface area contributed by atoms with Crippen molar-refractivity contribution in [2.24, 2.45) is 0 Å². The maximum atomic E-state index is 13.3. The predicted octanol–water partition coefficient (Wildman–Crippen LogP) is 5.17. The molecule has 0 spiro atoms. The average molecular weight is 352 g/mol. The van der Waals surface area contributed by atoms with Gasteiger partial charge in [-0.1, -0.05) is 60.7 Å². The summed E-state index contributed by atoms with van der Waals surface area (Å²) in [6.45, 7) is 4.08. The minimum Gasteiger partial charge on any atom is -0.268 e. The molecule has 0 atom stereocenters. The molecule has 0 saturated carbocycles. The van der Waals surface area contributed by atoms with Crippen LogP contribution in [0.1, 0.15) is 22.5 Å². The van der Waals surface area contributed by atoms with Gasteiger partial charge in [-0.2, -0.15) is 0 Å². The lowest BCUT2D eigenvalue weighted by atomic mass is 10.1. The van der Waals surface area contributed by atoms with Gasteiger partial charge in [0, 0.05) is 0 Å². The van der Waals surface area contributed by atoms with E-state index < -0.39 is 0 Å². The van der Waals surface area contributed by atoms with Crippen molar-refractivity contribution < 1.29 is 0 Å². The van der Waals surface area contributed by atoms with Gasteiger partial charge in [0.05, 0.1) is 16.6 Å². The number of rotatable bonds is 3. The first-order valence-electron chi connectivity index (χ1n) is 8.96. The van der Waals surface area contributed by atoms with Gasteiger partial charge in [0.15, 0.2) is 0 Å². The van der Waals surface area contributed by atoms with Crippen molar-refractivity contribution in [3.63, 3.8) is 0 Å². The molecule has 1 heterocycles. The summed E-state index contributed by atoms with van der Waals surface area (Å²) in [7, 11) is 0. The Hall–Kier alpha value is -3.46. The Morgan fingerprint density at radius 3 is 2.22 bits per heavy atom. The largest absolute Gasteiger partial charge is 0.268 e. The lowest BCUT2D eigenvalue weighted by Gasteiger charge is -2.13. The van der Waals surface area contributed by atoms with E-state index in [1.807, 2.05) is 79.7 Å². The summed E-state index contributed by atoms with van der Waals surface area (Å²) in [6.07, 6.45) is 3.93. The van der Waals surface area contributed by atoms with Gasteiger partial charge in [-0.15, -0.1) is 0 Å². The van der Waals surface area contributed by atoms with Gasteiger partial charge in [-0.25, -0.2) is 4.98 Å². The second kappa shape index (κ2) is 7.04. The maximum absolute atomic E-state index is 13.3. The van der Waals surface area contributed by atoms with Crippen LogP contribution in [0, 0.1) is 13.8 Å². The highest BCUT2D eigenvalue weighted by atomic mass is 16.1. The number of hydrogen-bond donors (Lipinski definition) is 0. The zero-order chi connectivity index (χ0) is 18.8. The van der Waals surface area contributed by atoms with Crippen LogP contribution < -0.4 is 5.56 Å². The first-order chi connectivity index (χ1) is 13.1. The molecule has 0 amide bonds. The Balaban J connectivity index is 1.99. The summed E-state index contributed by atoms with van der Waals surface area (Å²) < 4.78 is 1.70. The first kappa shape index (κ1) is 17.0. The quantitative estimate of drug-likeness (QED) is 0.510. The Labute approximate surface area is 158 Å². The molecule has 0 aliphatic rings. The summed E-state index contributed by atoms with van der Waals surface area (Å²) in [6, 6.07) is 23.5. The van der Waals surface area contributed by atoms with E-state index in [1.165, 1.54) is 5.56 Å². The molecule has 3 heteroatoms. The van der Waals surface area contributed by atoms with E-state index >= 15 is 0 Å². The molecular weight excluding hydrogens is 332 g/mol. The van der Waals surface area contributed by atoms with E-state index in [0.29, 0.717) is 16.7 Å². The van der Waals surface area contributed by atoms with Gasteiger partial charge in [0.2, 0.25) is 0 Å². The first-order valence-corrected chi connectivity index (χ1v) is 8.96. The molecule has 4 aromatic rings. The van der Waals surface area contributed by atoms with Crippen molar-refractivity contribution in [2.45, 2.75) is 13.8 Å². The number of benzene rings is 3. The molecule has 0 radical (unpaired) electrons. The van der Waals surface area contributed by atoms with Crippen LogP contribution in [-0.4, -0.2) is 9.55 Å². The Kier molecular flexibility index (Phi) is 4.43. The zero-order valence-corrected chi connectivity index (χ0v) is 15.4. The normalized spacial score (nSPS) is 11.3. The van der Waals surface area contributed by atoms with Crippen LogP contribution in [-0.2, 0) is 0 Å². The van der Waals surface area contributed by atoms with Crippen LogP contribution >= 0.6 is 0 Å². The molecule has 132 valence electrons. The number of fused-ring (bicyclic) bond motifs is 1. The fraction of sp³-hybridized carbons (Fsp3) is 0.0833. The van der Waals surface area contributed by atoms with Gasteiger partial charge in [-0.3, -0.25) is 9.36 Å². The highest BCUT2D eigenvalue weighted by Gasteiger charge is 2.12. The number of aromatic nitrogens is 2.